The molecule has 2 aliphatic heterocycles. The van der Waals surface area contributed by atoms with Crippen molar-refractivity contribution < 1.29 is 4.74 Å². The van der Waals surface area contributed by atoms with Gasteiger partial charge in [0.15, 0.2) is 0 Å². The summed E-state index contributed by atoms with van der Waals surface area (Å²) in [7, 11) is 0. The van der Waals surface area contributed by atoms with E-state index in [0.717, 1.165) is 51.0 Å². The van der Waals surface area contributed by atoms with E-state index < -0.39 is 0 Å². The molecule has 1 saturated carbocycles. The molecule has 0 bridgehead atoms. The first-order valence-electron chi connectivity index (χ1n) is 7.80. The van der Waals surface area contributed by atoms with Crippen LogP contribution in [-0.2, 0) is 4.74 Å². The highest BCUT2D eigenvalue weighted by Gasteiger charge is 2.31. The molecule has 5 nitrogen and oxygen atoms in total. The van der Waals surface area contributed by atoms with Gasteiger partial charge in [-0.3, -0.25) is 4.90 Å². The standard InChI is InChI=1S/C15H22N4O/c1-2-12(1)15-16-5-3-14(17-15)19-6-4-13(11-19)18-7-9-20-10-8-18/h3,5,12-13H,1-2,4,6-11H2. The largest absolute Gasteiger partial charge is 0.379 e. The lowest BCUT2D eigenvalue weighted by Crippen LogP contribution is -2.44. The highest BCUT2D eigenvalue weighted by Crippen LogP contribution is 2.38. The highest BCUT2D eigenvalue weighted by atomic mass is 16.5. The Morgan fingerprint density at radius 3 is 2.75 bits per heavy atom. The fraction of sp³-hybridized carbons (Fsp3) is 0.733. The lowest BCUT2D eigenvalue weighted by Gasteiger charge is -2.32. The van der Waals surface area contributed by atoms with Crippen LogP contribution in [0, 0.1) is 0 Å². The SMILES string of the molecule is c1cc(N2CCC(N3CCOCC3)C2)nc(C2CC2)n1. The normalized spacial score (nSPS) is 28.0. The second-order valence-electron chi connectivity index (χ2n) is 6.08. The molecule has 1 aromatic rings. The van der Waals surface area contributed by atoms with Crippen molar-refractivity contribution in [3.8, 4) is 0 Å². The third-order valence-corrected chi connectivity index (χ3v) is 4.65. The Bertz CT molecular complexity index is 471. The van der Waals surface area contributed by atoms with Gasteiger partial charge in [0.2, 0.25) is 0 Å². The molecule has 3 fully saturated rings. The van der Waals surface area contributed by atoms with Crippen LogP contribution in [0.4, 0.5) is 5.82 Å². The van der Waals surface area contributed by atoms with Crippen molar-refractivity contribution in [1.82, 2.24) is 14.9 Å². The molecule has 0 spiro atoms. The van der Waals surface area contributed by atoms with Crippen LogP contribution in [0.1, 0.15) is 31.0 Å². The van der Waals surface area contributed by atoms with Crippen molar-refractivity contribution in [2.45, 2.75) is 31.2 Å². The zero-order valence-electron chi connectivity index (χ0n) is 11.9. The number of ether oxygens (including phenoxy) is 1. The first-order valence-corrected chi connectivity index (χ1v) is 7.80. The number of anilines is 1. The zero-order valence-corrected chi connectivity index (χ0v) is 11.9. The Balaban J connectivity index is 1.43. The second kappa shape index (κ2) is 5.30. The van der Waals surface area contributed by atoms with Crippen LogP contribution in [-0.4, -0.2) is 60.3 Å². The number of morpholine rings is 1. The third kappa shape index (κ3) is 2.52. The zero-order chi connectivity index (χ0) is 13.4. The molecule has 0 amide bonds. The summed E-state index contributed by atoms with van der Waals surface area (Å²) in [5, 5.41) is 0. The Morgan fingerprint density at radius 1 is 1.10 bits per heavy atom. The van der Waals surface area contributed by atoms with Gasteiger partial charge >= 0.3 is 0 Å². The highest BCUT2D eigenvalue weighted by molar-refractivity contribution is 5.40. The summed E-state index contributed by atoms with van der Waals surface area (Å²) < 4.78 is 5.44. The molecule has 1 aromatic heterocycles. The fourth-order valence-corrected chi connectivity index (χ4v) is 3.27. The van der Waals surface area contributed by atoms with E-state index in [9.17, 15) is 0 Å². The number of hydrogen-bond donors (Lipinski definition) is 0. The average molecular weight is 274 g/mol. The second-order valence-corrected chi connectivity index (χ2v) is 6.08. The quantitative estimate of drug-likeness (QED) is 0.830. The summed E-state index contributed by atoms with van der Waals surface area (Å²) in [5.74, 6) is 2.81. The minimum Gasteiger partial charge on any atom is -0.379 e. The molecule has 0 aromatic carbocycles. The van der Waals surface area contributed by atoms with Crippen molar-refractivity contribution in [3.63, 3.8) is 0 Å². The van der Waals surface area contributed by atoms with Crippen LogP contribution in [0.15, 0.2) is 12.3 Å². The number of aromatic nitrogens is 2. The molecular formula is C15H22N4O. The summed E-state index contributed by atoms with van der Waals surface area (Å²) in [6.45, 7) is 6.14. The van der Waals surface area contributed by atoms with Gasteiger partial charge in [0, 0.05) is 44.3 Å². The fourth-order valence-electron chi connectivity index (χ4n) is 3.27. The monoisotopic (exact) mass is 274 g/mol. The van der Waals surface area contributed by atoms with Crippen LogP contribution in [0.2, 0.25) is 0 Å². The van der Waals surface area contributed by atoms with E-state index in [1.807, 2.05) is 6.20 Å². The number of rotatable bonds is 3. The molecule has 20 heavy (non-hydrogen) atoms. The van der Waals surface area contributed by atoms with E-state index in [4.69, 9.17) is 9.72 Å². The summed E-state index contributed by atoms with van der Waals surface area (Å²) in [6, 6.07) is 2.73. The predicted octanol–water partition coefficient (Wildman–Crippen LogP) is 1.26. The first kappa shape index (κ1) is 12.5. The molecule has 1 atom stereocenters. The van der Waals surface area contributed by atoms with Gasteiger partial charge in [0.1, 0.15) is 11.6 Å². The van der Waals surface area contributed by atoms with Crippen molar-refractivity contribution in [3.05, 3.63) is 18.1 Å². The third-order valence-electron chi connectivity index (χ3n) is 4.65. The molecule has 5 heteroatoms. The molecule has 1 aliphatic carbocycles. The van der Waals surface area contributed by atoms with E-state index in [-0.39, 0.29) is 0 Å². The van der Waals surface area contributed by atoms with Gasteiger partial charge in [-0.1, -0.05) is 0 Å². The maximum absolute atomic E-state index is 5.44. The smallest absolute Gasteiger partial charge is 0.133 e. The van der Waals surface area contributed by atoms with Gasteiger partial charge in [-0.15, -0.1) is 0 Å². The molecular weight excluding hydrogens is 252 g/mol. The maximum Gasteiger partial charge on any atom is 0.133 e. The van der Waals surface area contributed by atoms with Gasteiger partial charge in [-0.2, -0.15) is 0 Å². The van der Waals surface area contributed by atoms with Crippen LogP contribution in [0.5, 0.6) is 0 Å². The molecule has 0 N–H and O–H groups in total. The lowest BCUT2D eigenvalue weighted by molar-refractivity contribution is 0.0209. The Kier molecular flexibility index (Phi) is 3.32. The van der Waals surface area contributed by atoms with Crippen LogP contribution < -0.4 is 4.90 Å². The molecule has 2 saturated heterocycles. The Morgan fingerprint density at radius 2 is 1.95 bits per heavy atom. The van der Waals surface area contributed by atoms with E-state index in [2.05, 4.69) is 20.9 Å². The summed E-state index contributed by atoms with van der Waals surface area (Å²) >= 11 is 0. The maximum atomic E-state index is 5.44. The van der Waals surface area contributed by atoms with Gasteiger partial charge in [-0.25, -0.2) is 9.97 Å². The van der Waals surface area contributed by atoms with Crippen molar-refractivity contribution in [2.75, 3.05) is 44.3 Å². The molecule has 3 heterocycles. The molecule has 3 aliphatic rings. The molecule has 4 rings (SSSR count). The Labute approximate surface area is 120 Å². The molecule has 1 unspecified atom stereocenters. The summed E-state index contributed by atoms with van der Waals surface area (Å²) in [4.78, 5) is 14.2. The van der Waals surface area contributed by atoms with E-state index in [1.54, 1.807) is 0 Å². The van der Waals surface area contributed by atoms with Gasteiger partial charge < -0.3 is 9.64 Å². The van der Waals surface area contributed by atoms with E-state index in [0.29, 0.717) is 12.0 Å². The predicted molar refractivity (Wildman–Crippen MR) is 77.0 cm³/mol. The van der Waals surface area contributed by atoms with Gasteiger partial charge in [0.05, 0.1) is 13.2 Å². The first-order chi connectivity index (χ1) is 9.90. The molecule has 0 radical (unpaired) electrons. The van der Waals surface area contributed by atoms with Crippen molar-refractivity contribution >= 4 is 5.82 Å². The van der Waals surface area contributed by atoms with E-state index >= 15 is 0 Å². The number of hydrogen-bond acceptors (Lipinski definition) is 5. The summed E-state index contributed by atoms with van der Waals surface area (Å²) in [5.41, 5.74) is 0. The van der Waals surface area contributed by atoms with Crippen LogP contribution >= 0.6 is 0 Å². The Hall–Kier alpha value is -1.20. The van der Waals surface area contributed by atoms with E-state index in [1.165, 1.54) is 19.3 Å². The van der Waals surface area contributed by atoms with Crippen LogP contribution in [0.25, 0.3) is 0 Å². The number of nitrogens with zero attached hydrogens (tertiary/aromatic N) is 4. The minimum absolute atomic E-state index is 0.632. The average Bonchev–Trinajstić information content (AvgIpc) is 3.25. The van der Waals surface area contributed by atoms with Crippen molar-refractivity contribution in [1.29, 1.82) is 0 Å². The minimum atomic E-state index is 0.632. The lowest BCUT2D eigenvalue weighted by atomic mass is 10.2. The summed E-state index contributed by atoms with van der Waals surface area (Å²) in [6.07, 6.45) is 5.69. The topological polar surface area (TPSA) is 41.5 Å². The van der Waals surface area contributed by atoms with Gasteiger partial charge in [0.25, 0.3) is 0 Å². The van der Waals surface area contributed by atoms with Crippen LogP contribution in [0.3, 0.4) is 0 Å². The van der Waals surface area contributed by atoms with Gasteiger partial charge in [-0.05, 0) is 25.3 Å². The van der Waals surface area contributed by atoms with Crippen molar-refractivity contribution in [2.24, 2.45) is 0 Å². The molecule has 108 valence electrons.